The summed E-state index contributed by atoms with van der Waals surface area (Å²) < 4.78 is 0. The van der Waals surface area contributed by atoms with Crippen molar-refractivity contribution in [3.63, 3.8) is 0 Å². The third-order valence-electron chi connectivity index (χ3n) is 3.52. The monoisotopic (exact) mass is 227 g/mol. The Morgan fingerprint density at radius 1 is 1.69 bits per heavy atom. The number of amides is 2. The topological polar surface area (TPSA) is 95.7 Å². The predicted octanol–water partition coefficient (Wildman–Crippen LogP) is -1.81. The van der Waals surface area contributed by atoms with Crippen molar-refractivity contribution in [3.8, 4) is 0 Å². The number of β-lactam (4-membered cyclic amide) rings is 1. The minimum Gasteiger partial charge on any atom is -0.391 e. The number of carbonyl (C=O) groups excluding carboxylic acids is 2. The number of rotatable bonds is 2. The van der Waals surface area contributed by atoms with Gasteiger partial charge < -0.3 is 21.1 Å². The highest BCUT2D eigenvalue weighted by molar-refractivity contribution is 5.98. The lowest BCUT2D eigenvalue weighted by atomic mass is 9.87. The second kappa shape index (κ2) is 3.71. The van der Waals surface area contributed by atoms with Crippen molar-refractivity contribution in [2.75, 3.05) is 13.1 Å². The summed E-state index contributed by atoms with van der Waals surface area (Å²) in [6, 6.07) is -0.941. The van der Waals surface area contributed by atoms with Gasteiger partial charge in [0.15, 0.2) is 0 Å². The maximum atomic E-state index is 12.0. The molecule has 0 aromatic carbocycles. The van der Waals surface area contributed by atoms with Gasteiger partial charge in [-0.15, -0.1) is 0 Å². The molecule has 2 saturated heterocycles. The number of likely N-dealkylation sites (tertiary alicyclic amines) is 1. The molecule has 2 amide bonds. The molecule has 0 bridgehead atoms. The largest absolute Gasteiger partial charge is 0.391 e. The van der Waals surface area contributed by atoms with Gasteiger partial charge in [0.2, 0.25) is 11.8 Å². The highest BCUT2D eigenvalue weighted by Gasteiger charge is 2.56. The summed E-state index contributed by atoms with van der Waals surface area (Å²) >= 11 is 0. The highest BCUT2D eigenvalue weighted by Crippen LogP contribution is 2.34. The Morgan fingerprint density at radius 2 is 2.38 bits per heavy atom. The Morgan fingerprint density at radius 3 is 2.81 bits per heavy atom. The number of carbonyl (C=O) groups is 2. The number of nitrogens with one attached hydrogen (secondary N) is 1. The van der Waals surface area contributed by atoms with Gasteiger partial charge in [-0.25, -0.2) is 0 Å². The van der Waals surface area contributed by atoms with Gasteiger partial charge in [0.1, 0.15) is 11.6 Å². The van der Waals surface area contributed by atoms with Crippen LogP contribution in [0.3, 0.4) is 0 Å². The van der Waals surface area contributed by atoms with Crippen molar-refractivity contribution in [3.05, 3.63) is 0 Å². The van der Waals surface area contributed by atoms with E-state index in [2.05, 4.69) is 5.32 Å². The van der Waals surface area contributed by atoms with Crippen LogP contribution in [0.15, 0.2) is 0 Å². The van der Waals surface area contributed by atoms with Crippen molar-refractivity contribution in [1.29, 1.82) is 0 Å². The van der Waals surface area contributed by atoms with E-state index < -0.39 is 17.7 Å². The Bertz CT molecular complexity index is 331. The van der Waals surface area contributed by atoms with Crippen LogP contribution in [0.2, 0.25) is 0 Å². The van der Waals surface area contributed by atoms with Gasteiger partial charge in [-0.1, -0.05) is 0 Å². The molecule has 4 N–H and O–H groups in total. The normalized spacial score (nSPS) is 32.2. The average Bonchev–Trinajstić information content (AvgIpc) is 2.71. The fourth-order valence-electron chi connectivity index (χ4n) is 2.37. The summed E-state index contributed by atoms with van der Waals surface area (Å²) in [5.74, 6) is -0.432. The van der Waals surface area contributed by atoms with Crippen molar-refractivity contribution in [1.82, 2.24) is 10.2 Å². The van der Waals surface area contributed by atoms with Crippen molar-refractivity contribution >= 4 is 11.8 Å². The van der Waals surface area contributed by atoms with Gasteiger partial charge in [0.25, 0.3) is 0 Å². The van der Waals surface area contributed by atoms with E-state index in [1.807, 2.05) is 0 Å². The molecule has 1 spiro atoms. The number of nitrogens with zero attached hydrogens (tertiary/aromatic N) is 1. The Hall–Kier alpha value is -1.14. The zero-order valence-corrected chi connectivity index (χ0v) is 9.27. The van der Waals surface area contributed by atoms with Gasteiger partial charge in [-0.05, 0) is 19.8 Å². The molecule has 2 fully saturated rings. The molecule has 16 heavy (non-hydrogen) atoms. The summed E-state index contributed by atoms with van der Waals surface area (Å²) in [4.78, 5) is 25.1. The van der Waals surface area contributed by atoms with Gasteiger partial charge in [-0.3, -0.25) is 9.59 Å². The standard InChI is InChI=1S/C10H17N3O3/c1-6(14)7(11)8(15)13-4-2-3-10(13)5-12-9(10)16/h6-7,14H,2-5,11H2,1H3,(H,12,16)/t6-,7+,10?/m1/s1. The van der Waals surface area contributed by atoms with Crippen molar-refractivity contribution in [2.24, 2.45) is 5.73 Å². The van der Waals surface area contributed by atoms with E-state index in [9.17, 15) is 14.7 Å². The summed E-state index contributed by atoms with van der Waals surface area (Å²) in [6.07, 6.45) is 0.608. The molecule has 0 aromatic heterocycles. The molecule has 3 atom stereocenters. The molecule has 2 aliphatic rings. The molecule has 2 heterocycles. The minimum absolute atomic E-state index is 0.101. The number of aliphatic hydroxyl groups excluding tert-OH is 1. The summed E-state index contributed by atoms with van der Waals surface area (Å²) in [6.45, 7) is 2.53. The third kappa shape index (κ3) is 1.41. The first kappa shape index (κ1) is 11.3. The Kier molecular flexibility index (Phi) is 2.63. The van der Waals surface area contributed by atoms with E-state index in [0.717, 1.165) is 6.42 Å². The molecule has 0 aliphatic carbocycles. The van der Waals surface area contributed by atoms with Crippen molar-refractivity contribution in [2.45, 2.75) is 37.5 Å². The first-order valence-electron chi connectivity index (χ1n) is 5.52. The number of aliphatic hydroxyl groups is 1. The number of hydrogen-bond donors (Lipinski definition) is 3. The smallest absolute Gasteiger partial charge is 0.247 e. The number of hydrogen-bond acceptors (Lipinski definition) is 4. The molecular weight excluding hydrogens is 210 g/mol. The molecule has 6 heteroatoms. The van der Waals surface area contributed by atoms with Crippen LogP contribution in [0.25, 0.3) is 0 Å². The lowest BCUT2D eigenvalue weighted by Gasteiger charge is -2.45. The highest BCUT2D eigenvalue weighted by atomic mass is 16.3. The molecule has 2 rings (SSSR count). The average molecular weight is 227 g/mol. The van der Waals surface area contributed by atoms with Crippen LogP contribution in [0.4, 0.5) is 0 Å². The molecule has 0 radical (unpaired) electrons. The minimum atomic E-state index is -0.941. The molecule has 2 aliphatic heterocycles. The van der Waals surface area contributed by atoms with Gasteiger partial charge in [-0.2, -0.15) is 0 Å². The van der Waals surface area contributed by atoms with E-state index in [1.54, 1.807) is 0 Å². The summed E-state index contributed by atoms with van der Waals surface area (Å²) in [5.41, 5.74) is 4.94. The maximum absolute atomic E-state index is 12.0. The number of nitrogens with two attached hydrogens (primary N) is 1. The molecule has 1 unspecified atom stereocenters. The van der Waals surface area contributed by atoms with E-state index in [1.165, 1.54) is 11.8 Å². The van der Waals surface area contributed by atoms with Crippen LogP contribution >= 0.6 is 0 Å². The first-order valence-corrected chi connectivity index (χ1v) is 5.52. The van der Waals surface area contributed by atoms with Crippen LogP contribution in [0.1, 0.15) is 19.8 Å². The quantitative estimate of drug-likeness (QED) is 0.484. The maximum Gasteiger partial charge on any atom is 0.247 e. The van der Waals surface area contributed by atoms with E-state index >= 15 is 0 Å². The zero-order chi connectivity index (χ0) is 11.9. The molecular formula is C10H17N3O3. The van der Waals surface area contributed by atoms with Gasteiger partial charge in [0, 0.05) is 13.1 Å². The Balaban J connectivity index is 2.15. The van der Waals surface area contributed by atoms with Gasteiger partial charge in [0.05, 0.1) is 6.10 Å². The van der Waals surface area contributed by atoms with Crippen LogP contribution in [-0.2, 0) is 9.59 Å². The second-order valence-electron chi connectivity index (χ2n) is 4.57. The van der Waals surface area contributed by atoms with Gasteiger partial charge >= 0.3 is 0 Å². The molecule has 0 saturated carbocycles. The van der Waals surface area contributed by atoms with E-state index in [-0.39, 0.29) is 11.8 Å². The predicted molar refractivity (Wildman–Crippen MR) is 56.3 cm³/mol. The van der Waals surface area contributed by atoms with E-state index in [4.69, 9.17) is 5.73 Å². The molecule has 6 nitrogen and oxygen atoms in total. The summed E-state index contributed by atoms with van der Waals surface area (Å²) in [7, 11) is 0. The van der Waals surface area contributed by atoms with Crippen LogP contribution in [0.5, 0.6) is 0 Å². The third-order valence-corrected chi connectivity index (χ3v) is 3.52. The fourth-order valence-corrected chi connectivity index (χ4v) is 2.37. The Labute approximate surface area is 93.8 Å². The second-order valence-corrected chi connectivity index (χ2v) is 4.57. The summed E-state index contributed by atoms with van der Waals surface area (Å²) in [5, 5.41) is 12.0. The van der Waals surface area contributed by atoms with Crippen LogP contribution in [-0.4, -0.2) is 52.6 Å². The van der Waals surface area contributed by atoms with Crippen molar-refractivity contribution < 1.29 is 14.7 Å². The lowest BCUT2D eigenvalue weighted by Crippen LogP contribution is -2.73. The SMILES string of the molecule is C[C@@H](O)[C@H](N)C(=O)N1CCCC12CNC2=O. The first-order chi connectivity index (χ1) is 7.49. The van der Waals surface area contributed by atoms with E-state index in [0.29, 0.717) is 19.5 Å². The molecule has 90 valence electrons. The van der Waals surface area contributed by atoms with Crippen LogP contribution in [0, 0.1) is 0 Å². The molecule has 0 aromatic rings. The zero-order valence-electron chi connectivity index (χ0n) is 9.27. The fraction of sp³-hybridized carbons (Fsp3) is 0.800. The van der Waals surface area contributed by atoms with Crippen LogP contribution < -0.4 is 11.1 Å². The lowest BCUT2D eigenvalue weighted by molar-refractivity contribution is -0.153.